The maximum atomic E-state index is 12.7. The summed E-state index contributed by atoms with van der Waals surface area (Å²) in [5, 5.41) is 1.76. The van der Waals surface area contributed by atoms with E-state index in [1.807, 2.05) is 12.1 Å². The lowest BCUT2D eigenvalue weighted by molar-refractivity contribution is 0.0643. The lowest BCUT2D eigenvalue weighted by atomic mass is 9.95. The molecule has 0 saturated carbocycles. The fraction of sp³-hybridized carbons (Fsp3) is 0.238. The molecule has 26 heavy (non-hydrogen) atoms. The molecule has 1 aliphatic heterocycles. The number of fused-ring (bicyclic) bond motifs is 4. The largest absolute Gasteiger partial charge is 0.358 e. The molecule has 3 aromatic rings. The molecule has 0 saturated heterocycles. The van der Waals surface area contributed by atoms with Gasteiger partial charge in [0.2, 0.25) is 0 Å². The molecule has 1 aromatic heterocycles. The number of nitrogens with one attached hydrogen (secondary N) is 1. The Bertz CT molecular complexity index is 1050. The van der Waals surface area contributed by atoms with Gasteiger partial charge in [0.05, 0.1) is 23.2 Å². The van der Waals surface area contributed by atoms with Crippen molar-refractivity contribution in [2.75, 3.05) is 0 Å². The van der Waals surface area contributed by atoms with Crippen LogP contribution in [0.25, 0.3) is 10.9 Å². The summed E-state index contributed by atoms with van der Waals surface area (Å²) in [5.74, 6) is -0.481. The molecule has 2 aliphatic rings. The lowest BCUT2D eigenvalue weighted by Gasteiger charge is -2.15. The Hall–Kier alpha value is -2.59. The van der Waals surface area contributed by atoms with Crippen molar-refractivity contribution in [3.05, 3.63) is 69.4 Å². The van der Waals surface area contributed by atoms with Gasteiger partial charge in [-0.3, -0.25) is 14.5 Å². The molecule has 5 rings (SSSR count). The van der Waals surface area contributed by atoms with Crippen molar-refractivity contribution in [1.82, 2.24) is 9.88 Å². The number of aryl methyl sites for hydroxylation is 2. The standard InChI is InChI=1S/C21H17ClN2O2/c22-13-9-12(19-17(10-13)14-5-3-4-8-18(14)23-19)11-24-20(25)15-6-1-2-7-16(15)21(24)26/h1-2,6-7,9-10,23H,3-5,8,11H2. The van der Waals surface area contributed by atoms with Gasteiger partial charge in [0, 0.05) is 16.1 Å². The highest BCUT2D eigenvalue weighted by molar-refractivity contribution is 6.31. The molecule has 130 valence electrons. The van der Waals surface area contributed by atoms with E-state index >= 15 is 0 Å². The van der Waals surface area contributed by atoms with Gasteiger partial charge in [0.15, 0.2) is 0 Å². The molecule has 4 nitrogen and oxygen atoms in total. The van der Waals surface area contributed by atoms with Crippen molar-refractivity contribution in [3.8, 4) is 0 Å². The summed E-state index contributed by atoms with van der Waals surface area (Å²) in [6, 6.07) is 10.8. The first-order valence-corrected chi connectivity index (χ1v) is 9.28. The van der Waals surface area contributed by atoms with Crippen LogP contribution in [0.5, 0.6) is 0 Å². The molecule has 5 heteroatoms. The van der Waals surface area contributed by atoms with Crippen molar-refractivity contribution < 1.29 is 9.59 Å². The number of H-pyrrole nitrogens is 1. The zero-order valence-corrected chi connectivity index (χ0v) is 14.9. The smallest absolute Gasteiger partial charge is 0.261 e. The van der Waals surface area contributed by atoms with Crippen LogP contribution in [0, 0.1) is 0 Å². The summed E-state index contributed by atoms with van der Waals surface area (Å²) in [5.41, 5.74) is 5.42. The molecule has 2 heterocycles. The molecular weight excluding hydrogens is 348 g/mol. The molecule has 0 radical (unpaired) electrons. The monoisotopic (exact) mass is 364 g/mol. The maximum absolute atomic E-state index is 12.7. The number of imide groups is 1. The molecule has 2 amide bonds. The van der Waals surface area contributed by atoms with Gasteiger partial charge >= 0.3 is 0 Å². The quantitative estimate of drug-likeness (QED) is 0.681. The summed E-state index contributed by atoms with van der Waals surface area (Å²) in [6.45, 7) is 0.225. The summed E-state index contributed by atoms with van der Waals surface area (Å²) < 4.78 is 0. The summed E-state index contributed by atoms with van der Waals surface area (Å²) in [4.78, 5) is 30.2. The minimum atomic E-state index is -0.241. The number of halogens is 1. The fourth-order valence-corrected chi connectivity index (χ4v) is 4.46. The molecule has 1 aliphatic carbocycles. The Morgan fingerprint density at radius 3 is 2.42 bits per heavy atom. The van der Waals surface area contributed by atoms with Crippen LogP contribution in [0.3, 0.4) is 0 Å². The van der Waals surface area contributed by atoms with Gasteiger partial charge in [-0.1, -0.05) is 23.7 Å². The van der Waals surface area contributed by atoms with E-state index < -0.39 is 0 Å². The average molecular weight is 365 g/mol. The van der Waals surface area contributed by atoms with Crippen molar-refractivity contribution >= 4 is 34.3 Å². The predicted molar refractivity (Wildman–Crippen MR) is 101 cm³/mol. The van der Waals surface area contributed by atoms with E-state index in [0.717, 1.165) is 29.3 Å². The average Bonchev–Trinajstić information content (AvgIpc) is 3.14. The number of benzene rings is 2. The summed E-state index contributed by atoms with van der Waals surface area (Å²) >= 11 is 6.37. The number of aromatic amines is 1. The van der Waals surface area contributed by atoms with Crippen LogP contribution in [0.4, 0.5) is 0 Å². The maximum Gasteiger partial charge on any atom is 0.261 e. The van der Waals surface area contributed by atoms with E-state index in [9.17, 15) is 9.59 Å². The third-order valence-corrected chi connectivity index (χ3v) is 5.68. The van der Waals surface area contributed by atoms with Gasteiger partial charge in [0.1, 0.15) is 0 Å². The first-order valence-electron chi connectivity index (χ1n) is 8.90. The van der Waals surface area contributed by atoms with E-state index in [1.54, 1.807) is 24.3 Å². The third-order valence-electron chi connectivity index (χ3n) is 5.46. The SMILES string of the molecule is O=C1c2ccccc2C(=O)N1Cc1cc(Cl)cc2c3c([nH]c12)CCCC3. The number of amides is 2. The number of hydrogen-bond donors (Lipinski definition) is 1. The highest BCUT2D eigenvalue weighted by atomic mass is 35.5. The predicted octanol–water partition coefficient (Wildman–Crippen LogP) is 4.50. The third kappa shape index (κ3) is 2.22. The fourth-order valence-electron chi connectivity index (χ4n) is 4.22. The Labute approximate surface area is 155 Å². The first kappa shape index (κ1) is 15.6. The van der Waals surface area contributed by atoms with Crippen molar-refractivity contribution in [2.24, 2.45) is 0 Å². The van der Waals surface area contributed by atoms with Crippen LogP contribution in [0.1, 0.15) is 50.4 Å². The molecule has 0 unspecified atom stereocenters. The summed E-state index contributed by atoms with van der Waals surface area (Å²) in [6.07, 6.45) is 4.44. The molecule has 1 N–H and O–H groups in total. The molecule has 0 spiro atoms. The molecule has 2 aromatic carbocycles. The number of carbonyl (C=O) groups excluding carboxylic acids is 2. The minimum absolute atomic E-state index is 0.225. The Morgan fingerprint density at radius 2 is 1.69 bits per heavy atom. The minimum Gasteiger partial charge on any atom is -0.358 e. The highest BCUT2D eigenvalue weighted by Crippen LogP contribution is 2.34. The molecule has 0 bridgehead atoms. The van der Waals surface area contributed by atoms with E-state index in [-0.39, 0.29) is 18.4 Å². The van der Waals surface area contributed by atoms with Crippen LogP contribution in [0.15, 0.2) is 36.4 Å². The van der Waals surface area contributed by atoms with Gasteiger partial charge in [0.25, 0.3) is 11.8 Å². The van der Waals surface area contributed by atoms with Crippen molar-refractivity contribution in [2.45, 2.75) is 32.2 Å². The van der Waals surface area contributed by atoms with Crippen LogP contribution in [-0.4, -0.2) is 21.7 Å². The van der Waals surface area contributed by atoms with Crippen LogP contribution in [-0.2, 0) is 19.4 Å². The lowest BCUT2D eigenvalue weighted by Crippen LogP contribution is -2.29. The van der Waals surface area contributed by atoms with Crippen LogP contribution >= 0.6 is 11.6 Å². The highest BCUT2D eigenvalue weighted by Gasteiger charge is 2.35. The van der Waals surface area contributed by atoms with Crippen LogP contribution in [0.2, 0.25) is 5.02 Å². The van der Waals surface area contributed by atoms with E-state index in [4.69, 9.17) is 11.6 Å². The molecule has 0 fully saturated rings. The van der Waals surface area contributed by atoms with Crippen molar-refractivity contribution in [1.29, 1.82) is 0 Å². The number of hydrogen-bond acceptors (Lipinski definition) is 2. The van der Waals surface area contributed by atoms with Gasteiger partial charge in [-0.2, -0.15) is 0 Å². The van der Waals surface area contributed by atoms with Crippen LogP contribution < -0.4 is 0 Å². The number of nitrogens with zero attached hydrogens (tertiary/aromatic N) is 1. The second-order valence-corrected chi connectivity index (χ2v) is 7.46. The van der Waals surface area contributed by atoms with Gasteiger partial charge in [-0.05, 0) is 61.1 Å². The summed E-state index contributed by atoms with van der Waals surface area (Å²) in [7, 11) is 0. The number of carbonyl (C=O) groups is 2. The van der Waals surface area contributed by atoms with E-state index in [1.165, 1.54) is 29.0 Å². The topological polar surface area (TPSA) is 53.2 Å². The molecule has 0 atom stereocenters. The Morgan fingerprint density at radius 1 is 1.00 bits per heavy atom. The van der Waals surface area contributed by atoms with E-state index in [2.05, 4.69) is 4.98 Å². The zero-order valence-electron chi connectivity index (χ0n) is 14.1. The first-order chi connectivity index (χ1) is 12.6. The van der Waals surface area contributed by atoms with Crippen molar-refractivity contribution in [3.63, 3.8) is 0 Å². The van der Waals surface area contributed by atoms with Gasteiger partial charge in [-0.15, -0.1) is 0 Å². The van der Waals surface area contributed by atoms with Gasteiger partial charge in [-0.25, -0.2) is 0 Å². The van der Waals surface area contributed by atoms with Gasteiger partial charge < -0.3 is 4.98 Å². The zero-order chi connectivity index (χ0) is 17.8. The number of aromatic nitrogens is 1. The second kappa shape index (κ2) is 5.71. The normalized spacial score (nSPS) is 16.3. The second-order valence-electron chi connectivity index (χ2n) is 7.02. The number of rotatable bonds is 2. The van der Waals surface area contributed by atoms with E-state index in [0.29, 0.717) is 16.1 Å². The Balaban J connectivity index is 1.59. The Kier molecular flexibility index (Phi) is 3.44. The molecular formula is C21H17ClN2O2.